The van der Waals surface area contributed by atoms with Crippen LogP contribution in [-0.2, 0) is 21.2 Å². The standard InChI is InChI=1S/C22H32N2O3S/c25-22(23-21-15-18-10-11-19(21)14-18)20-9-4-12-24(16-20)28(26,27)13-5-8-17-6-2-1-3-7-17/h1-3,6-7,18-21H,4-5,8-16H2,(H,23,25)/t18-,19-,20+,21-/m0/s1. The van der Waals surface area contributed by atoms with E-state index in [9.17, 15) is 13.2 Å². The summed E-state index contributed by atoms with van der Waals surface area (Å²) in [4.78, 5) is 12.8. The molecule has 1 saturated heterocycles. The van der Waals surface area contributed by atoms with Crippen molar-refractivity contribution in [3.63, 3.8) is 0 Å². The Morgan fingerprint density at radius 1 is 1.11 bits per heavy atom. The van der Waals surface area contributed by atoms with Crippen LogP contribution in [0.3, 0.4) is 0 Å². The van der Waals surface area contributed by atoms with Crippen LogP contribution in [0.15, 0.2) is 30.3 Å². The van der Waals surface area contributed by atoms with E-state index in [2.05, 4.69) is 5.32 Å². The van der Waals surface area contributed by atoms with Crippen molar-refractivity contribution in [2.45, 2.75) is 57.4 Å². The van der Waals surface area contributed by atoms with Crippen LogP contribution in [0.2, 0.25) is 0 Å². The van der Waals surface area contributed by atoms with Gasteiger partial charge in [0.15, 0.2) is 0 Å². The Morgan fingerprint density at radius 3 is 2.64 bits per heavy atom. The molecule has 0 radical (unpaired) electrons. The van der Waals surface area contributed by atoms with Crippen molar-refractivity contribution in [2.75, 3.05) is 18.8 Å². The molecule has 1 amide bonds. The second-order valence-corrected chi connectivity index (χ2v) is 11.0. The maximum atomic E-state index is 12.8. The Hall–Kier alpha value is -1.40. The molecule has 2 aliphatic carbocycles. The van der Waals surface area contributed by atoms with Crippen molar-refractivity contribution in [1.82, 2.24) is 9.62 Å². The predicted molar refractivity (Wildman–Crippen MR) is 110 cm³/mol. The van der Waals surface area contributed by atoms with E-state index >= 15 is 0 Å². The van der Waals surface area contributed by atoms with Gasteiger partial charge in [-0.15, -0.1) is 0 Å². The summed E-state index contributed by atoms with van der Waals surface area (Å²) in [5.41, 5.74) is 1.17. The summed E-state index contributed by atoms with van der Waals surface area (Å²) in [6.45, 7) is 0.895. The molecule has 154 valence electrons. The van der Waals surface area contributed by atoms with Gasteiger partial charge < -0.3 is 5.32 Å². The number of carbonyl (C=O) groups excluding carboxylic acids is 1. The minimum absolute atomic E-state index is 0.0711. The van der Waals surface area contributed by atoms with Crippen molar-refractivity contribution >= 4 is 15.9 Å². The monoisotopic (exact) mass is 404 g/mol. The number of nitrogens with one attached hydrogen (secondary N) is 1. The van der Waals surface area contributed by atoms with Gasteiger partial charge in [0.2, 0.25) is 15.9 Å². The minimum Gasteiger partial charge on any atom is -0.353 e. The van der Waals surface area contributed by atoms with Crippen LogP contribution in [-0.4, -0.2) is 43.5 Å². The lowest BCUT2D eigenvalue weighted by atomic mass is 9.93. The summed E-state index contributed by atoms with van der Waals surface area (Å²) >= 11 is 0. The molecule has 28 heavy (non-hydrogen) atoms. The summed E-state index contributed by atoms with van der Waals surface area (Å²) < 4.78 is 27.1. The number of nitrogens with zero attached hydrogens (tertiary/aromatic N) is 1. The van der Waals surface area contributed by atoms with Crippen molar-refractivity contribution < 1.29 is 13.2 Å². The van der Waals surface area contributed by atoms with Crippen LogP contribution in [0.4, 0.5) is 0 Å². The molecule has 4 atom stereocenters. The van der Waals surface area contributed by atoms with Gasteiger partial charge in [-0.3, -0.25) is 4.79 Å². The van der Waals surface area contributed by atoms with Crippen LogP contribution in [0.1, 0.15) is 50.5 Å². The minimum atomic E-state index is -3.30. The number of aryl methyl sites for hydroxylation is 1. The number of rotatable bonds is 7. The first kappa shape index (κ1) is 19.9. The highest BCUT2D eigenvalue weighted by molar-refractivity contribution is 7.89. The van der Waals surface area contributed by atoms with E-state index in [1.165, 1.54) is 24.8 Å². The molecular weight excluding hydrogens is 372 g/mol. The Morgan fingerprint density at radius 2 is 1.93 bits per heavy atom. The van der Waals surface area contributed by atoms with E-state index in [1.807, 2.05) is 30.3 Å². The summed E-state index contributed by atoms with van der Waals surface area (Å²) in [7, 11) is -3.30. The van der Waals surface area contributed by atoms with Gasteiger partial charge in [0.1, 0.15) is 0 Å². The molecule has 0 unspecified atom stereocenters. The molecule has 3 aliphatic rings. The van der Waals surface area contributed by atoms with Gasteiger partial charge in [-0.1, -0.05) is 36.8 Å². The summed E-state index contributed by atoms with van der Waals surface area (Å²) in [5, 5.41) is 3.26. The predicted octanol–water partition coefficient (Wildman–Crippen LogP) is 2.97. The lowest BCUT2D eigenvalue weighted by Crippen LogP contribution is -2.49. The topological polar surface area (TPSA) is 66.5 Å². The average molecular weight is 405 g/mol. The van der Waals surface area contributed by atoms with Gasteiger partial charge >= 0.3 is 0 Å². The third kappa shape index (κ3) is 4.60. The number of fused-ring (bicyclic) bond motifs is 2. The molecule has 1 aliphatic heterocycles. The van der Waals surface area contributed by atoms with Gasteiger partial charge in [-0.05, 0) is 62.3 Å². The average Bonchev–Trinajstić information content (AvgIpc) is 3.32. The third-order valence-electron chi connectivity index (χ3n) is 6.92. The normalized spacial score (nSPS) is 30.4. The Bertz CT molecular complexity index is 780. The first-order valence-corrected chi connectivity index (χ1v) is 12.4. The van der Waals surface area contributed by atoms with Crippen molar-refractivity contribution in [3.8, 4) is 0 Å². The number of hydrogen-bond donors (Lipinski definition) is 1. The van der Waals surface area contributed by atoms with Crippen LogP contribution < -0.4 is 5.32 Å². The molecule has 1 aromatic carbocycles. The van der Waals surface area contributed by atoms with Crippen LogP contribution in [0.5, 0.6) is 0 Å². The third-order valence-corrected chi connectivity index (χ3v) is 8.85. The summed E-state index contributed by atoms with van der Waals surface area (Å²) in [6, 6.07) is 10.3. The first-order valence-electron chi connectivity index (χ1n) is 10.8. The van der Waals surface area contributed by atoms with Gasteiger partial charge in [0, 0.05) is 19.1 Å². The molecule has 1 heterocycles. The number of sulfonamides is 1. The molecule has 5 nitrogen and oxygen atoms in total. The number of benzene rings is 1. The lowest BCUT2D eigenvalue weighted by Gasteiger charge is -2.33. The van der Waals surface area contributed by atoms with Crippen LogP contribution >= 0.6 is 0 Å². The van der Waals surface area contributed by atoms with E-state index < -0.39 is 10.0 Å². The largest absolute Gasteiger partial charge is 0.353 e. The van der Waals surface area contributed by atoms with Crippen molar-refractivity contribution in [1.29, 1.82) is 0 Å². The van der Waals surface area contributed by atoms with Gasteiger partial charge in [0.25, 0.3) is 0 Å². The van der Waals surface area contributed by atoms with E-state index in [1.54, 1.807) is 4.31 Å². The smallest absolute Gasteiger partial charge is 0.224 e. The zero-order chi connectivity index (χ0) is 19.6. The molecule has 3 fully saturated rings. The number of carbonyl (C=O) groups is 1. The first-order chi connectivity index (χ1) is 13.5. The molecule has 1 N–H and O–H groups in total. The fraction of sp³-hybridized carbons (Fsp3) is 0.682. The zero-order valence-electron chi connectivity index (χ0n) is 16.6. The number of amides is 1. The Balaban J connectivity index is 1.28. The molecule has 2 saturated carbocycles. The maximum absolute atomic E-state index is 12.8. The molecule has 1 aromatic rings. The van der Waals surface area contributed by atoms with E-state index in [4.69, 9.17) is 0 Å². The highest BCUT2D eigenvalue weighted by atomic mass is 32.2. The van der Waals surface area contributed by atoms with E-state index in [0.29, 0.717) is 31.5 Å². The second kappa shape index (κ2) is 8.54. The highest BCUT2D eigenvalue weighted by Crippen LogP contribution is 2.44. The zero-order valence-corrected chi connectivity index (χ0v) is 17.4. The molecule has 2 bridgehead atoms. The molecule has 6 heteroatoms. The van der Waals surface area contributed by atoms with Crippen molar-refractivity contribution in [3.05, 3.63) is 35.9 Å². The second-order valence-electron chi connectivity index (χ2n) is 8.89. The highest BCUT2D eigenvalue weighted by Gasteiger charge is 2.41. The lowest BCUT2D eigenvalue weighted by molar-refractivity contribution is -0.127. The van der Waals surface area contributed by atoms with E-state index in [-0.39, 0.29) is 17.6 Å². The molecule has 4 rings (SSSR count). The van der Waals surface area contributed by atoms with E-state index in [0.717, 1.165) is 31.6 Å². The maximum Gasteiger partial charge on any atom is 0.224 e. The van der Waals surface area contributed by atoms with Crippen LogP contribution in [0.25, 0.3) is 0 Å². The Kier molecular flexibility index (Phi) is 6.07. The number of piperidine rings is 1. The van der Waals surface area contributed by atoms with Gasteiger partial charge in [-0.25, -0.2) is 12.7 Å². The fourth-order valence-electron chi connectivity index (χ4n) is 5.36. The molecule has 0 spiro atoms. The van der Waals surface area contributed by atoms with Gasteiger partial charge in [-0.2, -0.15) is 0 Å². The number of hydrogen-bond acceptors (Lipinski definition) is 3. The SMILES string of the molecule is O=C(N[C@H]1C[C@H]2CC[C@H]1C2)[C@@H]1CCCN(S(=O)(=O)CCCc2ccccc2)C1. The quantitative estimate of drug-likeness (QED) is 0.760. The fourth-order valence-corrected chi connectivity index (χ4v) is 6.95. The summed E-state index contributed by atoms with van der Waals surface area (Å²) in [6.07, 6.45) is 7.88. The van der Waals surface area contributed by atoms with Crippen molar-refractivity contribution in [2.24, 2.45) is 17.8 Å². The van der Waals surface area contributed by atoms with Gasteiger partial charge in [0.05, 0.1) is 11.7 Å². The molecule has 0 aromatic heterocycles. The van der Waals surface area contributed by atoms with Crippen LogP contribution in [0, 0.1) is 17.8 Å². The summed E-state index contributed by atoms with van der Waals surface area (Å²) in [5.74, 6) is 1.47. The molecular formula is C22H32N2O3S. The Labute approximate surface area is 168 Å².